The predicted octanol–water partition coefficient (Wildman–Crippen LogP) is 9.32. The minimum absolute atomic E-state index is 0.378. The van der Waals surface area contributed by atoms with Crippen LogP contribution in [0.15, 0.2) is 164 Å². The van der Waals surface area contributed by atoms with Gasteiger partial charge in [0.1, 0.15) is 0 Å². The summed E-state index contributed by atoms with van der Waals surface area (Å²) < 4.78 is 5.30. The van der Waals surface area contributed by atoms with Crippen LogP contribution < -0.4 is 21.2 Å². The SMILES string of the molecule is c1ccc(-c2nc(-c3ccc(-c4ccc(-c5nc6cc7ccccc7cc6c6sc7ccccc7c56)cc4)cc3)c3c(n2)-c2ccccc2[I-]3)cc1. The van der Waals surface area contributed by atoms with E-state index in [4.69, 9.17) is 15.0 Å². The molecule has 0 amide bonds. The zero-order valence-electron chi connectivity index (χ0n) is 27.7. The van der Waals surface area contributed by atoms with Crippen LogP contribution in [0.4, 0.5) is 0 Å². The summed E-state index contributed by atoms with van der Waals surface area (Å²) in [5.41, 5.74) is 11.1. The van der Waals surface area contributed by atoms with E-state index in [9.17, 15) is 0 Å². The van der Waals surface area contributed by atoms with Crippen LogP contribution >= 0.6 is 11.3 Å². The quantitative estimate of drug-likeness (QED) is 0.132. The predicted molar refractivity (Wildman–Crippen MR) is 212 cm³/mol. The maximum atomic E-state index is 5.36. The van der Waals surface area contributed by atoms with E-state index in [1.165, 1.54) is 60.2 Å². The van der Waals surface area contributed by atoms with E-state index in [1.54, 1.807) is 0 Å². The molecular weight excluding hydrogens is 766 g/mol. The van der Waals surface area contributed by atoms with Crippen LogP contribution in [0.3, 0.4) is 0 Å². The van der Waals surface area contributed by atoms with Crippen molar-refractivity contribution in [1.82, 2.24) is 15.0 Å². The number of benzene rings is 7. The van der Waals surface area contributed by atoms with Crippen molar-refractivity contribution in [1.29, 1.82) is 0 Å². The molecule has 4 heterocycles. The van der Waals surface area contributed by atoms with Crippen LogP contribution in [-0.4, -0.2) is 15.0 Å². The van der Waals surface area contributed by atoms with Crippen molar-refractivity contribution in [3.63, 3.8) is 0 Å². The van der Waals surface area contributed by atoms with Crippen LogP contribution in [-0.2, 0) is 0 Å². The first-order valence-electron chi connectivity index (χ1n) is 17.3. The number of fused-ring (bicyclic) bond motifs is 9. The van der Waals surface area contributed by atoms with Gasteiger partial charge in [0, 0.05) is 20.2 Å². The topological polar surface area (TPSA) is 38.7 Å². The Balaban J connectivity index is 0.992. The Morgan fingerprint density at radius 2 is 1.06 bits per heavy atom. The van der Waals surface area contributed by atoms with E-state index in [1.807, 2.05) is 17.4 Å². The Bertz CT molecular complexity index is 3020. The average Bonchev–Trinajstić information content (AvgIpc) is 3.79. The maximum absolute atomic E-state index is 5.36. The van der Waals surface area contributed by atoms with Crippen molar-refractivity contribution in [2.45, 2.75) is 0 Å². The van der Waals surface area contributed by atoms with Crippen LogP contribution in [0.25, 0.3) is 98.1 Å². The molecule has 0 saturated carbocycles. The van der Waals surface area contributed by atoms with E-state index in [0.29, 0.717) is 0 Å². The summed E-state index contributed by atoms with van der Waals surface area (Å²) in [6, 6.07) is 58.7. The molecule has 1 aliphatic heterocycles. The summed E-state index contributed by atoms with van der Waals surface area (Å²) in [7, 11) is 0. The Morgan fingerprint density at radius 3 is 1.85 bits per heavy atom. The molecule has 0 atom stereocenters. The molecular formula is C47H27IN3S-. The van der Waals surface area contributed by atoms with E-state index >= 15 is 0 Å². The van der Waals surface area contributed by atoms with Crippen molar-refractivity contribution >= 4 is 53.2 Å². The Hall–Kier alpha value is -5.76. The Kier molecular flexibility index (Phi) is 6.85. The first kappa shape index (κ1) is 29.9. The normalized spacial score (nSPS) is 12.3. The fourth-order valence-corrected chi connectivity index (χ4v) is 11.7. The number of hydrogen-bond donors (Lipinski definition) is 0. The summed E-state index contributed by atoms with van der Waals surface area (Å²) >= 11 is 1.49. The molecule has 0 N–H and O–H groups in total. The average molecular weight is 793 g/mol. The first-order chi connectivity index (χ1) is 25.7. The number of rotatable bonds is 4. The molecule has 0 saturated heterocycles. The van der Waals surface area contributed by atoms with Gasteiger partial charge in [-0.15, -0.1) is 11.3 Å². The zero-order valence-corrected chi connectivity index (χ0v) is 30.7. The van der Waals surface area contributed by atoms with Crippen molar-refractivity contribution in [2.24, 2.45) is 0 Å². The molecule has 0 spiro atoms. The second-order valence-corrected chi connectivity index (χ2v) is 17.0. The number of nitrogens with zero attached hydrogens (tertiary/aromatic N) is 3. The van der Waals surface area contributed by atoms with Gasteiger partial charge in [0.2, 0.25) is 0 Å². The van der Waals surface area contributed by atoms with E-state index in [-0.39, 0.29) is 21.2 Å². The molecule has 3 aromatic heterocycles. The summed E-state index contributed by atoms with van der Waals surface area (Å²) in [6.07, 6.45) is 0. The summed E-state index contributed by atoms with van der Waals surface area (Å²) in [5.74, 6) is 0.776. The third-order valence-corrected chi connectivity index (χ3v) is 14.3. The first-order valence-corrected chi connectivity index (χ1v) is 20.3. The number of thiophene rings is 1. The standard InChI is InChI=1S/C47H27IN3S/c1-2-10-32(11-3-1)47-50-44(42-45(51-47)35-14-6-8-16-38(35)48-42)31-24-20-29(21-25-31)28-18-22-30(23-19-28)43-41-36-15-7-9-17-40(36)52-46(41)37-26-33-12-4-5-13-34(33)27-39(37)49-43/h1-27H/q-1. The molecule has 0 bridgehead atoms. The molecule has 5 heteroatoms. The summed E-state index contributed by atoms with van der Waals surface area (Å²) in [4.78, 5) is 15.7. The van der Waals surface area contributed by atoms with Crippen molar-refractivity contribution in [3.8, 4) is 56.3 Å². The summed E-state index contributed by atoms with van der Waals surface area (Å²) in [5, 5.41) is 6.16. The van der Waals surface area contributed by atoms with Crippen LogP contribution in [0, 0.1) is 7.14 Å². The molecule has 0 fully saturated rings. The monoisotopic (exact) mass is 792 g/mol. The molecule has 7 aromatic carbocycles. The van der Waals surface area contributed by atoms with Crippen molar-refractivity contribution < 1.29 is 21.2 Å². The van der Waals surface area contributed by atoms with Crippen LogP contribution in [0.2, 0.25) is 0 Å². The third-order valence-electron chi connectivity index (χ3n) is 10.0. The van der Waals surface area contributed by atoms with Crippen molar-refractivity contribution in [3.05, 3.63) is 171 Å². The van der Waals surface area contributed by atoms with Crippen LogP contribution in [0.5, 0.6) is 0 Å². The number of pyridine rings is 1. The molecule has 3 nitrogen and oxygen atoms in total. The van der Waals surface area contributed by atoms with E-state index in [2.05, 4.69) is 158 Å². The van der Waals surface area contributed by atoms with Gasteiger partial charge in [0.05, 0.1) is 5.52 Å². The fraction of sp³-hybridized carbons (Fsp3) is 0. The van der Waals surface area contributed by atoms with Crippen LogP contribution in [0.1, 0.15) is 0 Å². The van der Waals surface area contributed by atoms with Gasteiger partial charge < -0.3 is 0 Å². The molecule has 244 valence electrons. The number of halogens is 1. The van der Waals surface area contributed by atoms with E-state index < -0.39 is 0 Å². The molecule has 0 aliphatic carbocycles. The third kappa shape index (κ3) is 4.80. The van der Waals surface area contributed by atoms with Gasteiger partial charge in [-0.2, -0.15) is 0 Å². The number of hydrogen-bond acceptors (Lipinski definition) is 4. The second-order valence-electron chi connectivity index (χ2n) is 13.1. The molecule has 0 unspecified atom stereocenters. The van der Waals surface area contributed by atoms with Gasteiger partial charge in [-0.25, -0.2) is 0 Å². The summed E-state index contributed by atoms with van der Waals surface area (Å²) in [6.45, 7) is 0. The Morgan fingerprint density at radius 1 is 0.442 bits per heavy atom. The molecule has 0 radical (unpaired) electrons. The second kappa shape index (κ2) is 11.9. The van der Waals surface area contributed by atoms with Gasteiger partial charge in [0.25, 0.3) is 0 Å². The molecule has 52 heavy (non-hydrogen) atoms. The fourth-order valence-electron chi connectivity index (χ4n) is 7.46. The molecule has 10 aromatic rings. The van der Waals surface area contributed by atoms with Gasteiger partial charge in [-0.05, 0) is 29.0 Å². The molecule has 11 rings (SSSR count). The minimum atomic E-state index is -0.378. The van der Waals surface area contributed by atoms with Gasteiger partial charge in [-0.3, -0.25) is 0 Å². The number of aromatic nitrogens is 3. The van der Waals surface area contributed by atoms with Crippen molar-refractivity contribution in [2.75, 3.05) is 0 Å². The zero-order chi connectivity index (χ0) is 34.2. The Labute approximate surface area is 314 Å². The van der Waals surface area contributed by atoms with E-state index in [0.717, 1.165) is 45.1 Å². The van der Waals surface area contributed by atoms with Gasteiger partial charge in [-0.1, -0.05) is 42.5 Å². The van der Waals surface area contributed by atoms with Gasteiger partial charge in [0.15, 0.2) is 0 Å². The van der Waals surface area contributed by atoms with Gasteiger partial charge >= 0.3 is 208 Å². The molecule has 1 aliphatic rings.